The molecule has 2 aliphatic carbocycles. The monoisotopic (exact) mass is 348 g/mol. The molecule has 132 valence electrons. The van der Waals surface area contributed by atoms with Gasteiger partial charge < -0.3 is 9.47 Å². The molecule has 0 spiro atoms. The Kier molecular flexibility index (Phi) is 2.63. The third-order valence-corrected chi connectivity index (χ3v) is 7.36. The van der Waals surface area contributed by atoms with Gasteiger partial charge >= 0.3 is 5.97 Å². The van der Waals surface area contributed by atoms with Crippen LogP contribution in [0, 0.1) is 5.41 Å². The number of rotatable bonds is 1. The number of esters is 1. The quantitative estimate of drug-likeness (QED) is 0.737. The molecule has 0 N–H and O–H groups in total. The molecule has 1 saturated heterocycles. The maximum absolute atomic E-state index is 13.7. The Bertz CT molecular complexity index is 1010. The minimum atomic E-state index is -1.02. The molecule has 2 bridgehead atoms. The second-order valence-electron chi connectivity index (χ2n) is 8.01. The van der Waals surface area contributed by atoms with Crippen LogP contribution < -0.4 is 4.74 Å². The number of ether oxygens (including phenoxy) is 2. The van der Waals surface area contributed by atoms with Crippen molar-refractivity contribution in [3.05, 3.63) is 64.7 Å². The van der Waals surface area contributed by atoms with E-state index in [-0.39, 0.29) is 11.8 Å². The first kappa shape index (κ1) is 15.6. The average Bonchev–Trinajstić information content (AvgIpc) is 2.82. The highest BCUT2D eigenvalue weighted by molar-refractivity contribution is 6.11. The molecule has 2 aromatic carbocycles. The third-order valence-electron chi connectivity index (χ3n) is 7.36. The summed E-state index contributed by atoms with van der Waals surface area (Å²) in [5.41, 5.74) is 0.705. The predicted molar refractivity (Wildman–Crippen MR) is 95.4 cm³/mol. The standard InChI is InChI=1S/C22H20O4/c1-20-16-13(9-7-11-15(16)25-4)18(23)21(20,2)22(3)14-10-6-5-8-12(14)17(20)19(24)26-22/h5-11,17H,1-4H3/t17-,20+,21-,22-/m0/s1. The van der Waals surface area contributed by atoms with E-state index in [0.29, 0.717) is 11.3 Å². The van der Waals surface area contributed by atoms with Gasteiger partial charge in [-0.15, -0.1) is 0 Å². The van der Waals surface area contributed by atoms with Gasteiger partial charge in [-0.1, -0.05) is 43.3 Å². The fourth-order valence-corrected chi connectivity index (χ4v) is 5.87. The van der Waals surface area contributed by atoms with Crippen molar-refractivity contribution in [3.63, 3.8) is 0 Å². The number of methoxy groups -OCH3 is 1. The number of Topliss-reactive ketones (excluding diaryl/α,β-unsaturated/α-hetero) is 1. The van der Waals surface area contributed by atoms with Crippen LogP contribution in [0.5, 0.6) is 5.75 Å². The lowest BCUT2D eigenvalue weighted by Gasteiger charge is -2.62. The van der Waals surface area contributed by atoms with E-state index >= 15 is 0 Å². The van der Waals surface area contributed by atoms with Gasteiger partial charge in [-0.25, -0.2) is 0 Å². The molecule has 2 aliphatic heterocycles. The molecule has 4 aliphatic rings. The number of carbonyl (C=O) groups is 2. The summed E-state index contributed by atoms with van der Waals surface area (Å²) < 4.78 is 11.6. The number of carbonyl (C=O) groups excluding carboxylic acids is 2. The van der Waals surface area contributed by atoms with Crippen molar-refractivity contribution in [1.82, 2.24) is 0 Å². The smallest absolute Gasteiger partial charge is 0.315 e. The number of hydrogen-bond acceptors (Lipinski definition) is 4. The van der Waals surface area contributed by atoms with Crippen LogP contribution in [0.1, 0.15) is 53.7 Å². The second-order valence-corrected chi connectivity index (χ2v) is 8.01. The van der Waals surface area contributed by atoms with Gasteiger partial charge in [-0.05, 0) is 25.5 Å². The number of ketones is 1. The average molecular weight is 348 g/mol. The van der Waals surface area contributed by atoms with Crippen molar-refractivity contribution >= 4 is 11.8 Å². The highest BCUT2D eigenvalue weighted by atomic mass is 16.6. The summed E-state index contributed by atoms with van der Waals surface area (Å²) in [5, 5.41) is 0. The van der Waals surface area contributed by atoms with Crippen molar-refractivity contribution in [1.29, 1.82) is 0 Å². The molecular formula is C22H20O4. The van der Waals surface area contributed by atoms with E-state index in [1.807, 2.05) is 63.2 Å². The topological polar surface area (TPSA) is 52.6 Å². The van der Waals surface area contributed by atoms with Gasteiger partial charge in [0.2, 0.25) is 0 Å². The lowest BCUT2D eigenvalue weighted by atomic mass is 9.44. The molecule has 1 fully saturated rings. The Morgan fingerprint density at radius 1 is 1.00 bits per heavy atom. The molecule has 0 radical (unpaired) electrons. The van der Waals surface area contributed by atoms with Crippen LogP contribution in [0.25, 0.3) is 0 Å². The van der Waals surface area contributed by atoms with Crippen molar-refractivity contribution in [2.45, 2.75) is 37.7 Å². The van der Waals surface area contributed by atoms with Gasteiger partial charge in [0.1, 0.15) is 11.4 Å². The van der Waals surface area contributed by atoms with E-state index in [2.05, 4.69) is 0 Å². The number of fused-ring (bicyclic) bond motifs is 2. The maximum atomic E-state index is 13.7. The minimum absolute atomic E-state index is 0.0170. The third kappa shape index (κ3) is 1.28. The fourth-order valence-electron chi connectivity index (χ4n) is 5.87. The van der Waals surface area contributed by atoms with Crippen LogP contribution in [0.3, 0.4) is 0 Å². The zero-order valence-corrected chi connectivity index (χ0v) is 15.3. The first-order valence-electron chi connectivity index (χ1n) is 8.87. The molecule has 6 rings (SSSR count). The van der Waals surface area contributed by atoms with Crippen molar-refractivity contribution in [2.24, 2.45) is 5.41 Å². The first-order valence-corrected chi connectivity index (χ1v) is 8.87. The van der Waals surface area contributed by atoms with Gasteiger partial charge in [-0.3, -0.25) is 9.59 Å². The van der Waals surface area contributed by atoms with E-state index in [0.717, 1.165) is 16.7 Å². The van der Waals surface area contributed by atoms with Crippen LogP contribution >= 0.6 is 0 Å². The van der Waals surface area contributed by atoms with E-state index in [4.69, 9.17) is 9.47 Å². The molecule has 0 aromatic heterocycles. The summed E-state index contributed by atoms with van der Waals surface area (Å²) in [6.07, 6.45) is 0. The largest absolute Gasteiger partial charge is 0.496 e. The first-order chi connectivity index (χ1) is 12.3. The second kappa shape index (κ2) is 4.37. The Morgan fingerprint density at radius 2 is 1.73 bits per heavy atom. The van der Waals surface area contributed by atoms with Crippen LogP contribution in [0.4, 0.5) is 0 Å². The van der Waals surface area contributed by atoms with Crippen molar-refractivity contribution in [2.75, 3.05) is 7.11 Å². The van der Waals surface area contributed by atoms with E-state index in [1.54, 1.807) is 7.11 Å². The molecule has 0 unspecified atom stereocenters. The Hall–Kier alpha value is -2.62. The molecule has 4 atom stereocenters. The van der Waals surface area contributed by atoms with Gasteiger partial charge in [0, 0.05) is 22.1 Å². The van der Waals surface area contributed by atoms with Crippen LogP contribution in [0.15, 0.2) is 42.5 Å². The normalized spacial score (nSPS) is 36.2. The highest BCUT2D eigenvalue weighted by Crippen LogP contribution is 2.73. The van der Waals surface area contributed by atoms with Crippen molar-refractivity contribution < 1.29 is 19.1 Å². The Morgan fingerprint density at radius 3 is 2.46 bits per heavy atom. The van der Waals surface area contributed by atoms with Gasteiger partial charge in [0.05, 0.1) is 18.4 Å². The summed E-state index contributed by atoms with van der Waals surface area (Å²) in [5.74, 6) is -0.128. The lowest BCUT2D eigenvalue weighted by molar-refractivity contribution is -0.207. The van der Waals surface area contributed by atoms with Gasteiger partial charge in [0.25, 0.3) is 0 Å². The molecule has 26 heavy (non-hydrogen) atoms. The molecule has 2 aromatic rings. The highest BCUT2D eigenvalue weighted by Gasteiger charge is 2.78. The zero-order valence-electron chi connectivity index (χ0n) is 15.3. The molecular weight excluding hydrogens is 328 g/mol. The van der Waals surface area contributed by atoms with E-state index in [1.165, 1.54) is 0 Å². The summed E-state index contributed by atoms with van der Waals surface area (Å²) in [6, 6.07) is 13.4. The van der Waals surface area contributed by atoms with E-state index < -0.39 is 22.3 Å². The molecule has 4 heteroatoms. The number of benzene rings is 2. The summed E-state index contributed by atoms with van der Waals surface area (Å²) in [7, 11) is 1.61. The molecule has 4 nitrogen and oxygen atoms in total. The molecule has 0 amide bonds. The number of hydrogen-bond donors (Lipinski definition) is 0. The lowest BCUT2D eigenvalue weighted by Crippen LogP contribution is -2.68. The zero-order chi connectivity index (χ0) is 18.5. The van der Waals surface area contributed by atoms with E-state index in [9.17, 15) is 9.59 Å². The van der Waals surface area contributed by atoms with Crippen LogP contribution in [0.2, 0.25) is 0 Å². The minimum Gasteiger partial charge on any atom is -0.496 e. The van der Waals surface area contributed by atoms with Crippen LogP contribution in [-0.2, 0) is 20.5 Å². The van der Waals surface area contributed by atoms with Crippen molar-refractivity contribution in [3.8, 4) is 5.75 Å². The maximum Gasteiger partial charge on any atom is 0.315 e. The molecule has 2 heterocycles. The summed E-state index contributed by atoms with van der Waals surface area (Å²) in [6.45, 7) is 5.86. The summed E-state index contributed by atoms with van der Waals surface area (Å²) >= 11 is 0. The Balaban J connectivity index is 1.97. The Labute approximate surface area is 152 Å². The van der Waals surface area contributed by atoms with Gasteiger partial charge in [0.15, 0.2) is 5.78 Å². The predicted octanol–water partition coefficient (Wildman–Crippen LogP) is 3.72. The summed E-state index contributed by atoms with van der Waals surface area (Å²) in [4.78, 5) is 26.7. The SMILES string of the molecule is COc1cccc2c1[C@]1(C)[C@@H]3C(=O)O[C@@](C)(c4ccccc43)[C@@]1(C)C2=O. The molecule has 0 saturated carbocycles. The van der Waals surface area contributed by atoms with Crippen LogP contribution in [-0.4, -0.2) is 18.9 Å². The van der Waals surface area contributed by atoms with Gasteiger partial charge in [-0.2, -0.15) is 0 Å². The fraction of sp³-hybridized carbons (Fsp3) is 0.364.